The lowest BCUT2D eigenvalue weighted by Crippen LogP contribution is -1.93. The highest BCUT2D eigenvalue weighted by Crippen LogP contribution is 2.36. The maximum atomic E-state index is 10.7. The summed E-state index contributed by atoms with van der Waals surface area (Å²) >= 11 is 1.35. The SMILES string of the molecule is N#C/C(=C\Nc1ccc([N+](=O)[O-])cc1)c1nc(-c2ccc3c(c2)OCO3)cs1. The minimum atomic E-state index is -0.465. The summed E-state index contributed by atoms with van der Waals surface area (Å²) in [6, 6.07) is 13.6. The summed E-state index contributed by atoms with van der Waals surface area (Å²) in [7, 11) is 0. The smallest absolute Gasteiger partial charge is 0.269 e. The van der Waals surface area contributed by atoms with Crippen LogP contribution in [-0.4, -0.2) is 16.7 Å². The highest BCUT2D eigenvalue weighted by Gasteiger charge is 2.16. The van der Waals surface area contributed by atoms with Gasteiger partial charge in [-0.1, -0.05) is 0 Å². The van der Waals surface area contributed by atoms with Gasteiger partial charge in [-0.15, -0.1) is 11.3 Å². The Morgan fingerprint density at radius 3 is 2.79 bits per heavy atom. The zero-order valence-corrected chi connectivity index (χ0v) is 15.1. The molecule has 0 spiro atoms. The quantitative estimate of drug-likeness (QED) is 0.389. The molecule has 4 rings (SSSR count). The van der Waals surface area contributed by atoms with Crippen LogP contribution in [0.4, 0.5) is 11.4 Å². The highest BCUT2D eigenvalue weighted by atomic mass is 32.1. The van der Waals surface area contributed by atoms with Crippen LogP contribution in [0.3, 0.4) is 0 Å². The first-order valence-corrected chi connectivity index (χ1v) is 8.99. The molecular weight excluding hydrogens is 380 g/mol. The second-order valence-electron chi connectivity index (χ2n) is 5.72. The predicted molar refractivity (Wildman–Crippen MR) is 104 cm³/mol. The number of non-ortho nitro benzene ring substituents is 1. The van der Waals surface area contributed by atoms with Gasteiger partial charge in [0.2, 0.25) is 6.79 Å². The number of nitrogens with one attached hydrogen (secondary N) is 1. The number of allylic oxidation sites excluding steroid dienone is 1. The summed E-state index contributed by atoms with van der Waals surface area (Å²) in [5.41, 5.74) is 2.59. The van der Waals surface area contributed by atoms with Gasteiger partial charge in [0.1, 0.15) is 16.6 Å². The standard InChI is InChI=1S/C19H12N4O4S/c20-8-13(9-21-14-2-4-15(5-3-14)23(24)25)19-22-16(10-28-19)12-1-6-17-18(7-12)27-11-26-17/h1-7,9-10,21H,11H2/b13-9+. The topological polar surface area (TPSA) is 110 Å². The molecular formula is C19H12N4O4S. The number of nitriles is 1. The Balaban J connectivity index is 1.53. The Morgan fingerprint density at radius 1 is 1.25 bits per heavy atom. The molecule has 2 aromatic carbocycles. The number of anilines is 1. The molecule has 0 unspecified atom stereocenters. The van der Waals surface area contributed by atoms with Gasteiger partial charge in [0.05, 0.1) is 10.6 Å². The number of ether oxygens (including phenoxy) is 2. The van der Waals surface area contributed by atoms with E-state index in [9.17, 15) is 15.4 Å². The van der Waals surface area contributed by atoms with Crippen molar-refractivity contribution in [1.29, 1.82) is 5.26 Å². The van der Waals surface area contributed by atoms with Crippen molar-refractivity contribution in [2.24, 2.45) is 0 Å². The summed E-state index contributed by atoms with van der Waals surface area (Å²) in [5.74, 6) is 1.37. The molecule has 1 N–H and O–H groups in total. The number of rotatable bonds is 5. The lowest BCUT2D eigenvalue weighted by Gasteiger charge is -2.01. The van der Waals surface area contributed by atoms with Gasteiger partial charge < -0.3 is 14.8 Å². The molecule has 2 heterocycles. The average molecular weight is 392 g/mol. The number of nitro groups is 1. The van der Waals surface area contributed by atoms with Crippen molar-refractivity contribution in [2.75, 3.05) is 12.1 Å². The molecule has 0 amide bonds. The van der Waals surface area contributed by atoms with E-state index in [-0.39, 0.29) is 12.5 Å². The van der Waals surface area contributed by atoms with Crippen LogP contribution in [0.5, 0.6) is 11.5 Å². The van der Waals surface area contributed by atoms with Crippen molar-refractivity contribution in [3.63, 3.8) is 0 Å². The first-order chi connectivity index (χ1) is 13.6. The van der Waals surface area contributed by atoms with E-state index < -0.39 is 4.92 Å². The Morgan fingerprint density at radius 2 is 2.04 bits per heavy atom. The van der Waals surface area contributed by atoms with E-state index in [0.29, 0.717) is 27.8 Å². The minimum absolute atomic E-state index is 0.00308. The van der Waals surface area contributed by atoms with E-state index in [4.69, 9.17) is 9.47 Å². The lowest BCUT2D eigenvalue weighted by molar-refractivity contribution is -0.384. The molecule has 0 radical (unpaired) electrons. The van der Waals surface area contributed by atoms with Crippen LogP contribution in [0.15, 0.2) is 54.0 Å². The number of benzene rings is 2. The number of nitro benzene ring substituents is 1. The molecule has 0 saturated carbocycles. The molecule has 0 bridgehead atoms. The van der Waals surface area contributed by atoms with Crippen molar-refractivity contribution in [1.82, 2.24) is 4.98 Å². The van der Waals surface area contributed by atoms with Gasteiger partial charge in [-0.25, -0.2) is 4.98 Å². The van der Waals surface area contributed by atoms with Gasteiger partial charge in [-0.05, 0) is 30.3 Å². The monoisotopic (exact) mass is 392 g/mol. The third-order valence-electron chi connectivity index (χ3n) is 3.98. The zero-order chi connectivity index (χ0) is 19.5. The normalized spacial score (nSPS) is 12.5. The number of hydrogen-bond acceptors (Lipinski definition) is 8. The Labute approximate surface area is 163 Å². The summed E-state index contributed by atoms with van der Waals surface area (Å²) in [6.07, 6.45) is 1.53. The number of fused-ring (bicyclic) bond motifs is 1. The van der Waals surface area contributed by atoms with Crippen LogP contribution >= 0.6 is 11.3 Å². The maximum Gasteiger partial charge on any atom is 0.269 e. The number of aromatic nitrogens is 1. The van der Waals surface area contributed by atoms with Crippen molar-refractivity contribution in [3.05, 3.63) is 69.2 Å². The fourth-order valence-electron chi connectivity index (χ4n) is 2.56. The molecule has 1 aliphatic heterocycles. The van der Waals surface area contributed by atoms with Gasteiger partial charge in [0.25, 0.3) is 5.69 Å². The molecule has 9 heteroatoms. The molecule has 0 fully saturated rings. The summed E-state index contributed by atoms with van der Waals surface area (Å²) < 4.78 is 10.7. The summed E-state index contributed by atoms with van der Waals surface area (Å²) in [4.78, 5) is 14.8. The number of hydrogen-bond donors (Lipinski definition) is 1. The number of thiazole rings is 1. The fourth-order valence-corrected chi connectivity index (χ4v) is 3.36. The molecule has 0 atom stereocenters. The van der Waals surface area contributed by atoms with Crippen LogP contribution in [0, 0.1) is 21.4 Å². The molecule has 0 saturated heterocycles. The third-order valence-corrected chi connectivity index (χ3v) is 4.86. The molecule has 138 valence electrons. The second-order valence-corrected chi connectivity index (χ2v) is 6.58. The van der Waals surface area contributed by atoms with Crippen molar-refractivity contribution in [2.45, 2.75) is 0 Å². The first-order valence-electron chi connectivity index (χ1n) is 8.11. The Hall–Kier alpha value is -3.90. The van der Waals surface area contributed by atoms with Gasteiger partial charge in [0, 0.05) is 35.0 Å². The van der Waals surface area contributed by atoms with E-state index in [1.165, 1.54) is 29.7 Å². The van der Waals surface area contributed by atoms with Crippen molar-refractivity contribution < 1.29 is 14.4 Å². The molecule has 1 aromatic heterocycles. The largest absolute Gasteiger partial charge is 0.454 e. The van der Waals surface area contributed by atoms with Gasteiger partial charge in [-0.3, -0.25) is 10.1 Å². The summed E-state index contributed by atoms with van der Waals surface area (Å²) in [6.45, 7) is 0.205. The second kappa shape index (κ2) is 7.38. The van der Waals surface area contributed by atoms with Crippen LogP contribution in [0.2, 0.25) is 0 Å². The molecule has 1 aliphatic rings. The zero-order valence-electron chi connectivity index (χ0n) is 14.3. The lowest BCUT2D eigenvalue weighted by atomic mass is 10.1. The van der Waals surface area contributed by atoms with E-state index in [2.05, 4.69) is 16.4 Å². The van der Waals surface area contributed by atoms with E-state index in [0.717, 1.165) is 11.3 Å². The highest BCUT2D eigenvalue weighted by molar-refractivity contribution is 7.11. The van der Waals surface area contributed by atoms with Crippen LogP contribution < -0.4 is 14.8 Å². The summed E-state index contributed by atoms with van der Waals surface area (Å²) in [5, 5.41) is 25.6. The van der Waals surface area contributed by atoms with Crippen molar-refractivity contribution in [3.8, 4) is 28.8 Å². The molecule has 28 heavy (non-hydrogen) atoms. The maximum absolute atomic E-state index is 10.7. The third kappa shape index (κ3) is 3.49. The van der Waals surface area contributed by atoms with Crippen LogP contribution in [-0.2, 0) is 0 Å². The van der Waals surface area contributed by atoms with Crippen LogP contribution in [0.25, 0.3) is 16.8 Å². The van der Waals surface area contributed by atoms with E-state index in [1.807, 2.05) is 23.6 Å². The van der Waals surface area contributed by atoms with Crippen molar-refractivity contribution >= 4 is 28.3 Å². The minimum Gasteiger partial charge on any atom is -0.454 e. The molecule has 3 aromatic rings. The predicted octanol–water partition coefficient (Wildman–Crippen LogP) is 4.42. The van der Waals surface area contributed by atoms with E-state index >= 15 is 0 Å². The first kappa shape index (κ1) is 17.5. The molecule has 8 nitrogen and oxygen atoms in total. The van der Waals surface area contributed by atoms with Gasteiger partial charge in [-0.2, -0.15) is 5.26 Å². The fraction of sp³-hybridized carbons (Fsp3) is 0.0526. The number of nitrogens with zero attached hydrogens (tertiary/aromatic N) is 3. The van der Waals surface area contributed by atoms with Gasteiger partial charge in [0.15, 0.2) is 11.5 Å². The Kier molecular flexibility index (Phi) is 4.62. The van der Waals surface area contributed by atoms with E-state index in [1.54, 1.807) is 12.1 Å². The molecule has 0 aliphatic carbocycles. The van der Waals surface area contributed by atoms with Crippen LogP contribution in [0.1, 0.15) is 5.01 Å². The average Bonchev–Trinajstić information content (AvgIpc) is 3.38. The van der Waals surface area contributed by atoms with Gasteiger partial charge >= 0.3 is 0 Å². The Bertz CT molecular complexity index is 1120.